The van der Waals surface area contributed by atoms with E-state index in [9.17, 15) is 0 Å². The first-order chi connectivity index (χ1) is 7.88. The van der Waals surface area contributed by atoms with E-state index in [1.807, 2.05) is 57.1 Å². The van der Waals surface area contributed by atoms with Crippen molar-refractivity contribution in [3.63, 3.8) is 0 Å². The quantitative estimate of drug-likeness (QED) is 0.639. The Hall–Kier alpha value is -1.58. The average Bonchev–Trinajstić information content (AvgIpc) is 2.25. The topological polar surface area (TPSA) is 54.5 Å². The van der Waals surface area contributed by atoms with E-state index < -0.39 is 0 Å². The minimum absolute atomic E-state index is 0.136. The van der Waals surface area contributed by atoms with E-state index in [1.165, 1.54) is 0 Å². The summed E-state index contributed by atoms with van der Waals surface area (Å²) in [5, 5.41) is 0. The van der Waals surface area contributed by atoms with Gasteiger partial charge < -0.3 is 10.6 Å². The highest BCUT2D eigenvalue weighted by Crippen LogP contribution is 2.06. The van der Waals surface area contributed by atoms with Gasteiger partial charge in [-0.05, 0) is 32.9 Å². The number of nitrogens with two attached hydrogens (primary N) is 1. The largest absolute Gasteiger partial charge is 0.370 e. The Balaban J connectivity index is 2.50. The van der Waals surface area contributed by atoms with Gasteiger partial charge in [-0.3, -0.25) is 4.98 Å². The van der Waals surface area contributed by atoms with Gasteiger partial charge in [0.15, 0.2) is 5.96 Å². The van der Waals surface area contributed by atoms with Crippen LogP contribution in [0.1, 0.15) is 26.5 Å². The van der Waals surface area contributed by atoms with Crippen molar-refractivity contribution >= 4 is 5.96 Å². The third kappa shape index (κ3) is 5.33. The van der Waals surface area contributed by atoms with E-state index in [0.29, 0.717) is 5.96 Å². The van der Waals surface area contributed by atoms with Crippen molar-refractivity contribution in [2.45, 2.75) is 32.7 Å². The van der Waals surface area contributed by atoms with Crippen molar-refractivity contribution in [1.29, 1.82) is 0 Å². The Bertz CT molecular complexity index is 365. The van der Waals surface area contributed by atoms with Crippen molar-refractivity contribution in [2.75, 3.05) is 13.6 Å². The van der Waals surface area contributed by atoms with Crippen LogP contribution in [-0.2, 0) is 6.42 Å². The predicted molar refractivity (Wildman–Crippen MR) is 71.9 cm³/mol. The Kier molecular flexibility index (Phi) is 4.49. The third-order valence-corrected chi connectivity index (χ3v) is 2.27. The number of nitrogens with zero attached hydrogens (tertiary/aromatic N) is 3. The third-order valence-electron chi connectivity index (χ3n) is 2.27. The molecule has 0 bridgehead atoms. The number of aliphatic imine (C=N–C) groups is 1. The average molecular weight is 234 g/mol. The van der Waals surface area contributed by atoms with Gasteiger partial charge in [0.1, 0.15) is 0 Å². The lowest BCUT2D eigenvalue weighted by Crippen LogP contribution is -2.37. The fourth-order valence-electron chi connectivity index (χ4n) is 1.37. The van der Waals surface area contributed by atoms with Crippen LogP contribution in [0.15, 0.2) is 29.4 Å². The Morgan fingerprint density at radius 2 is 2.12 bits per heavy atom. The van der Waals surface area contributed by atoms with Crippen LogP contribution in [0.5, 0.6) is 0 Å². The molecule has 0 atom stereocenters. The van der Waals surface area contributed by atoms with E-state index in [4.69, 9.17) is 5.73 Å². The molecule has 1 aromatic rings. The summed E-state index contributed by atoms with van der Waals surface area (Å²) in [5.41, 5.74) is 6.86. The van der Waals surface area contributed by atoms with Crippen LogP contribution in [0.2, 0.25) is 0 Å². The zero-order valence-corrected chi connectivity index (χ0v) is 11.1. The number of aromatic nitrogens is 1. The first kappa shape index (κ1) is 13.5. The van der Waals surface area contributed by atoms with Crippen molar-refractivity contribution < 1.29 is 0 Å². The summed E-state index contributed by atoms with van der Waals surface area (Å²) in [5.74, 6) is 0.577. The summed E-state index contributed by atoms with van der Waals surface area (Å²) in [4.78, 5) is 10.7. The molecule has 0 aliphatic carbocycles. The summed E-state index contributed by atoms with van der Waals surface area (Å²) < 4.78 is 0. The molecule has 0 aliphatic heterocycles. The van der Waals surface area contributed by atoms with E-state index in [-0.39, 0.29) is 5.54 Å². The summed E-state index contributed by atoms with van der Waals surface area (Å²) in [6.45, 7) is 6.92. The molecule has 0 fully saturated rings. The van der Waals surface area contributed by atoms with Gasteiger partial charge in [0.25, 0.3) is 0 Å². The fraction of sp³-hybridized carbons (Fsp3) is 0.538. The summed E-state index contributed by atoms with van der Waals surface area (Å²) in [6.07, 6.45) is 2.68. The monoisotopic (exact) mass is 234 g/mol. The van der Waals surface area contributed by atoms with Crippen LogP contribution in [0.3, 0.4) is 0 Å². The molecule has 0 saturated heterocycles. The molecule has 4 nitrogen and oxygen atoms in total. The molecule has 4 heteroatoms. The van der Waals surface area contributed by atoms with Gasteiger partial charge >= 0.3 is 0 Å². The number of hydrogen-bond acceptors (Lipinski definition) is 2. The van der Waals surface area contributed by atoms with Crippen molar-refractivity contribution in [3.05, 3.63) is 30.1 Å². The fourth-order valence-corrected chi connectivity index (χ4v) is 1.37. The highest BCUT2D eigenvalue weighted by Gasteiger charge is 2.10. The SMILES string of the molecule is CN(CCc1ccccn1)C(N)=NC(C)(C)C. The van der Waals surface area contributed by atoms with Gasteiger partial charge in [0.2, 0.25) is 0 Å². The molecule has 0 aliphatic rings. The van der Waals surface area contributed by atoms with Crippen LogP contribution in [-0.4, -0.2) is 35.0 Å². The summed E-state index contributed by atoms with van der Waals surface area (Å²) in [7, 11) is 1.95. The van der Waals surface area contributed by atoms with Crippen LogP contribution < -0.4 is 5.73 Å². The maximum atomic E-state index is 5.92. The molecule has 94 valence electrons. The van der Waals surface area contributed by atoms with Gasteiger partial charge in [0, 0.05) is 31.9 Å². The molecule has 0 radical (unpaired) electrons. The van der Waals surface area contributed by atoms with Gasteiger partial charge in [-0.2, -0.15) is 0 Å². The molecule has 0 saturated carbocycles. The number of likely N-dealkylation sites (N-methyl/N-ethyl adjacent to an activating group) is 1. The molecular weight excluding hydrogens is 212 g/mol. The molecule has 17 heavy (non-hydrogen) atoms. The van der Waals surface area contributed by atoms with Crippen molar-refractivity contribution in [1.82, 2.24) is 9.88 Å². The zero-order chi connectivity index (χ0) is 12.9. The highest BCUT2D eigenvalue weighted by molar-refractivity contribution is 5.78. The molecule has 0 unspecified atom stereocenters. The Morgan fingerprint density at radius 1 is 1.41 bits per heavy atom. The van der Waals surface area contributed by atoms with E-state index in [0.717, 1.165) is 18.7 Å². The lowest BCUT2D eigenvalue weighted by Gasteiger charge is -2.21. The standard InChI is InChI=1S/C13H22N4/c1-13(2,3)16-12(14)17(4)10-8-11-7-5-6-9-15-11/h5-7,9H,8,10H2,1-4H3,(H2,14,16). The van der Waals surface area contributed by atoms with Crippen molar-refractivity contribution in [2.24, 2.45) is 10.7 Å². The first-order valence-electron chi connectivity index (χ1n) is 5.85. The van der Waals surface area contributed by atoms with Crippen LogP contribution in [0.4, 0.5) is 0 Å². The lowest BCUT2D eigenvalue weighted by atomic mass is 10.1. The van der Waals surface area contributed by atoms with Gasteiger partial charge in [0.05, 0.1) is 5.54 Å². The van der Waals surface area contributed by atoms with Crippen LogP contribution in [0.25, 0.3) is 0 Å². The molecule has 0 amide bonds. The Morgan fingerprint density at radius 3 is 2.65 bits per heavy atom. The number of guanidine groups is 1. The van der Waals surface area contributed by atoms with Crippen molar-refractivity contribution in [3.8, 4) is 0 Å². The minimum atomic E-state index is -0.136. The molecule has 1 aromatic heterocycles. The molecule has 2 N–H and O–H groups in total. The molecule has 0 spiro atoms. The molecular formula is C13H22N4. The second-order valence-electron chi connectivity index (χ2n) is 5.13. The van der Waals surface area contributed by atoms with E-state index in [2.05, 4.69) is 9.98 Å². The predicted octanol–water partition coefficient (Wildman–Crippen LogP) is 1.67. The second kappa shape index (κ2) is 5.66. The second-order valence-corrected chi connectivity index (χ2v) is 5.13. The molecule has 1 heterocycles. The summed E-state index contributed by atoms with van der Waals surface area (Å²) in [6, 6.07) is 5.93. The van der Waals surface area contributed by atoms with Crippen LogP contribution in [0, 0.1) is 0 Å². The lowest BCUT2D eigenvalue weighted by molar-refractivity contribution is 0.479. The molecule has 0 aromatic carbocycles. The van der Waals surface area contributed by atoms with E-state index >= 15 is 0 Å². The van der Waals surface area contributed by atoms with Gasteiger partial charge in [-0.15, -0.1) is 0 Å². The number of hydrogen-bond donors (Lipinski definition) is 1. The zero-order valence-electron chi connectivity index (χ0n) is 11.1. The van der Waals surface area contributed by atoms with Crippen LogP contribution >= 0.6 is 0 Å². The molecule has 1 rings (SSSR count). The van der Waals surface area contributed by atoms with Gasteiger partial charge in [-0.25, -0.2) is 4.99 Å². The highest BCUT2D eigenvalue weighted by atomic mass is 15.2. The van der Waals surface area contributed by atoms with Gasteiger partial charge in [-0.1, -0.05) is 6.07 Å². The Labute approximate surface area is 104 Å². The maximum Gasteiger partial charge on any atom is 0.191 e. The first-order valence-corrected chi connectivity index (χ1v) is 5.85. The number of pyridine rings is 1. The normalized spacial score (nSPS) is 12.6. The summed E-state index contributed by atoms with van der Waals surface area (Å²) >= 11 is 0. The minimum Gasteiger partial charge on any atom is -0.370 e. The number of rotatable bonds is 3. The van der Waals surface area contributed by atoms with E-state index in [1.54, 1.807) is 0 Å². The smallest absolute Gasteiger partial charge is 0.191 e. The maximum absolute atomic E-state index is 5.92.